The van der Waals surface area contributed by atoms with Crippen LogP contribution in [0.25, 0.3) is 0 Å². The van der Waals surface area contributed by atoms with Crippen molar-refractivity contribution in [2.45, 2.75) is 56.9 Å². The van der Waals surface area contributed by atoms with Gasteiger partial charge in [-0.3, -0.25) is 0 Å². The van der Waals surface area contributed by atoms with Crippen LogP contribution in [-0.4, -0.2) is 5.54 Å². The molecule has 0 saturated heterocycles. The van der Waals surface area contributed by atoms with Crippen LogP contribution in [0, 0.1) is 23.2 Å². The topological polar surface area (TPSA) is 26.0 Å². The Bertz CT molecular complexity index is 287. The summed E-state index contributed by atoms with van der Waals surface area (Å²) >= 11 is 0. The maximum absolute atomic E-state index is 6.75. The van der Waals surface area contributed by atoms with Crippen LogP contribution in [0.15, 0.2) is 0 Å². The van der Waals surface area contributed by atoms with Gasteiger partial charge in [-0.05, 0) is 55.3 Å². The predicted molar refractivity (Wildman–Crippen MR) is 56.8 cm³/mol. The van der Waals surface area contributed by atoms with Gasteiger partial charge in [-0.1, -0.05) is 19.3 Å². The molecule has 1 nitrogen and oxygen atoms in total. The van der Waals surface area contributed by atoms with Crippen molar-refractivity contribution in [2.24, 2.45) is 28.9 Å². The van der Waals surface area contributed by atoms with Crippen molar-refractivity contribution in [3.8, 4) is 0 Å². The molecule has 4 aliphatic rings. The first-order chi connectivity index (χ1) is 6.80. The Hall–Kier alpha value is -0.0400. The third-order valence-corrected chi connectivity index (χ3v) is 6.34. The molecule has 1 unspecified atom stereocenters. The molecular weight excluding hydrogens is 170 g/mol. The number of hydrogen-bond acceptors (Lipinski definition) is 1. The Morgan fingerprint density at radius 2 is 1.79 bits per heavy atom. The van der Waals surface area contributed by atoms with Crippen LogP contribution in [0.2, 0.25) is 0 Å². The average Bonchev–Trinajstić information content (AvgIpc) is 2.45. The molecular formula is C13H21N. The van der Waals surface area contributed by atoms with Crippen LogP contribution in [0.5, 0.6) is 0 Å². The molecule has 4 fully saturated rings. The fourth-order valence-electron chi connectivity index (χ4n) is 5.92. The maximum atomic E-state index is 6.75. The highest BCUT2D eigenvalue weighted by Crippen LogP contribution is 2.82. The second-order valence-corrected chi connectivity index (χ2v) is 6.33. The lowest BCUT2D eigenvalue weighted by atomic mass is 9.81. The van der Waals surface area contributed by atoms with Gasteiger partial charge in [0.1, 0.15) is 0 Å². The van der Waals surface area contributed by atoms with Crippen molar-refractivity contribution >= 4 is 0 Å². The monoisotopic (exact) mass is 191 g/mol. The molecule has 0 aromatic carbocycles. The van der Waals surface area contributed by atoms with Gasteiger partial charge in [-0.2, -0.15) is 0 Å². The lowest BCUT2D eigenvalue weighted by Crippen LogP contribution is -2.37. The average molecular weight is 191 g/mol. The Kier molecular flexibility index (Phi) is 1.29. The minimum Gasteiger partial charge on any atom is -0.324 e. The molecule has 0 aromatic heterocycles. The summed E-state index contributed by atoms with van der Waals surface area (Å²) < 4.78 is 0. The summed E-state index contributed by atoms with van der Waals surface area (Å²) in [6.07, 6.45) is 11.8. The zero-order valence-electron chi connectivity index (χ0n) is 8.97. The first-order valence-electron chi connectivity index (χ1n) is 6.59. The zero-order valence-corrected chi connectivity index (χ0v) is 8.97. The second-order valence-electron chi connectivity index (χ2n) is 6.33. The molecule has 1 heteroatoms. The summed E-state index contributed by atoms with van der Waals surface area (Å²) in [7, 11) is 0. The Balaban J connectivity index is 1.78. The molecule has 1 spiro atoms. The van der Waals surface area contributed by atoms with E-state index >= 15 is 0 Å². The van der Waals surface area contributed by atoms with Gasteiger partial charge in [-0.25, -0.2) is 0 Å². The number of rotatable bonds is 0. The fourth-order valence-corrected chi connectivity index (χ4v) is 5.92. The lowest BCUT2D eigenvalue weighted by molar-refractivity contribution is 0.254. The highest BCUT2D eigenvalue weighted by molar-refractivity contribution is 5.36. The molecule has 5 atom stereocenters. The fraction of sp³-hybridized carbons (Fsp3) is 1.00. The van der Waals surface area contributed by atoms with Gasteiger partial charge in [-0.15, -0.1) is 0 Å². The maximum Gasteiger partial charge on any atom is 0.0280 e. The van der Waals surface area contributed by atoms with Crippen LogP contribution in [0.1, 0.15) is 51.4 Å². The van der Waals surface area contributed by atoms with Gasteiger partial charge in [0.25, 0.3) is 0 Å². The van der Waals surface area contributed by atoms with Crippen LogP contribution < -0.4 is 5.73 Å². The molecule has 0 heterocycles. The van der Waals surface area contributed by atoms with Crippen LogP contribution in [0.4, 0.5) is 0 Å². The largest absolute Gasteiger partial charge is 0.324 e. The molecule has 2 bridgehead atoms. The van der Waals surface area contributed by atoms with E-state index in [0.29, 0.717) is 11.0 Å². The molecule has 14 heavy (non-hydrogen) atoms. The molecule has 4 rings (SSSR count). The Labute approximate surface area is 86.4 Å². The molecule has 4 saturated carbocycles. The van der Waals surface area contributed by atoms with Gasteiger partial charge in [0.2, 0.25) is 0 Å². The van der Waals surface area contributed by atoms with Gasteiger partial charge in [0, 0.05) is 5.54 Å². The molecule has 4 aliphatic carbocycles. The van der Waals surface area contributed by atoms with E-state index in [1.54, 1.807) is 0 Å². The van der Waals surface area contributed by atoms with Crippen LogP contribution in [-0.2, 0) is 0 Å². The summed E-state index contributed by atoms with van der Waals surface area (Å²) in [4.78, 5) is 0. The summed E-state index contributed by atoms with van der Waals surface area (Å²) in [5, 5.41) is 0. The molecule has 0 aliphatic heterocycles. The molecule has 0 amide bonds. The van der Waals surface area contributed by atoms with E-state index < -0.39 is 0 Å². The lowest BCUT2D eigenvalue weighted by Gasteiger charge is -2.27. The normalized spacial score (nSPS) is 64.5. The minimum absolute atomic E-state index is 0.344. The first-order valence-corrected chi connectivity index (χ1v) is 6.59. The quantitative estimate of drug-likeness (QED) is 0.626. The van der Waals surface area contributed by atoms with Crippen molar-refractivity contribution in [1.82, 2.24) is 0 Å². The van der Waals surface area contributed by atoms with Crippen molar-refractivity contribution in [1.29, 1.82) is 0 Å². The van der Waals surface area contributed by atoms with Crippen molar-refractivity contribution in [3.05, 3.63) is 0 Å². The molecule has 78 valence electrons. The van der Waals surface area contributed by atoms with Gasteiger partial charge in [0.05, 0.1) is 0 Å². The van der Waals surface area contributed by atoms with E-state index in [2.05, 4.69) is 0 Å². The zero-order chi connectivity index (χ0) is 9.39. The van der Waals surface area contributed by atoms with Gasteiger partial charge in [0.15, 0.2) is 0 Å². The third kappa shape index (κ3) is 0.599. The van der Waals surface area contributed by atoms with E-state index in [9.17, 15) is 0 Å². The van der Waals surface area contributed by atoms with Crippen LogP contribution >= 0.6 is 0 Å². The van der Waals surface area contributed by atoms with Gasteiger partial charge >= 0.3 is 0 Å². The van der Waals surface area contributed by atoms with E-state index in [4.69, 9.17) is 5.73 Å². The molecule has 0 aromatic rings. The van der Waals surface area contributed by atoms with E-state index in [1.807, 2.05) is 0 Å². The highest BCUT2D eigenvalue weighted by Gasteiger charge is 2.83. The second kappa shape index (κ2) is 2.21. The van der Waals surface area contributed by atoms with Crippen molar-refractivity contribution in [3.63, 3.8) is 0 Å². The summed E-state index contributed by atoms with van der Waals surface area (Å²) in [6.45, 7) is 0. The Morgan fingerprint density at radius 1 is 0.929 bits per heavy atom. The number of hydrogen-bond donors (Lipinski definition) is 1. The smallest absolute Gasteiger partial charge is 0.0280 e. The number of nitrogens with two attached hydrogens (primary N) is 1. The predicted octanol–water partition coefficient (Wildman–Crippen LogP) is 2.69. The number of fused-ring (bicyclic) bond motifs is 4. The third-order valence-electron chi connectivity index (χ3n) is 6.34. The summed E-state index contributed by atoms with van der Waals surface area (Å²) in [6, 6.07) is 0. The first kappa shape index (κ1) is 8.15. The molecule has 2 N–H and O–H groups in total. The van der Waals surface area contributed by atoms with Gasteiger partial charge < -0.3 is 5.73 Å². The van der Waals surface area contributed by atoms with E-state index in [1.165, 1.54) is 51.4 Å². The molecule has 0 radical (unpaired) electrons. The van der Waals surface area contributed by atoms with Crippen molar-refractivity contribution < 1.29 is 0 Å². The highest BCUT2D eigenvalue weighted by atomic mass is 15.0. The van der Waals surface area contributed by atoms with Crippen LogP contribution in [0.3, 0.4) is 0 Å². The van der Waals surface area contributed by atoms with E-state index in [0.717, 1.165) is 17.8 Å². The Morgan fingerprint density at radius 3 is 2.71 bits per heavy atom. The van der Waals surface area contributed by atoms with E-state index in [-0.39, 0.29) is 0 Å². The standard InChI is InChI=1S/C13H21N/c14-13-10-6-5-9(8-10)12(13)7-3-1-2-4-11(12)13/h9-11H,1-8,14H2/t9-,10+,11?,12+,13-/m1/s1. The SMILES string of the molecule is N[C@]12C3CCCCC[C@]31[C@@H]1CC[C@H]2C1. The van der Waals surface area contributed by atoms with Crippen molar-refractivity contribution in [2.75, 3.05) is 0 Å². The minimum atomic E-state index is 0.344. The summed E-state index contributed by atoms with van der Waals surface area (Å²) in [5.41, 5.74) is 7.76. The summed E-state index contributed by atoms with van der Waals surface area (Å²) in [5.74, 6) is 2.92.